The first-order chi connectivity index (χ1) is 12.7. The molecule has 0 N–H and O–H groups in total. The van der Waals surface area contributed by atoms with Gasteiger partial charge in [0.25, 0.3) is 0 Å². The van der Waals surface area contributed by atoms with Crippen molar-refractivity contribution in [2.45, 2.75) is 156 Å². The van der Waals surface area contributed by atoms with Gasteiger partial charge in [-0.3, -0.25) is 0 Å². The lowest BCUT2D eigenvalue weighted by Crippen LogP contribution is -2.05. The van der Waals surface area contributed by atoms with E-state index in [0.29, 0.717) is 0 Å². The summed E-state index contributed by atoms with van der Waals surface area (Å²) in [6.45, 7) is 9.44. The first-order valence-corrected chi connectivity index (χ1v) is 12.7. The van der Waals surface area contributed by atoms with Crippen molar-refractivity contribution in [3.05, 3.63) is 0 Å². The van der Waals surface area contributed by atoms with Crippen LogP contribution in [0.1, 0.15) is 156 Å². The Labute approximate surface area is 168 Å². The summed E-state index contributed by atoms with van der Waals surface area (Å²) in [5.41, 5.74) is 0. The first-order valence-electron chi connectivity index (χ1n) is 12.7. The molecule has 158 valence electrons. The number of hydrogen-bond donors (Lipinski definition) is 0. The quantitative estimate of drug-likeness (QED) is 0.177. The average molecular weight is 367 g/mol. The third kappa shape index (κ3) is 20.3. The Morgan fingerprint density at radius 2 is 0.731 bits per heavy atom. The highest BCUT2D eigenvalue weighted by atomic mass is 14.2. The lowest BCUT2D eigenvalue weighted by molar-refractivity contribution is 0.338. The maximum atomic E-state index is 2.41. The smallest absolute Gasteiger partial charge is 0.0412 e. The zero-order chi connectivity index (χ0) is 19.3. The number of rotatable bonds is 21. The second-order valence-electron chi connectivity index (χ2n) is 9.38. The highest BCUT2D eigenvalue weighted by Crippen LogP contribution is 2.25. The topological polar surface area (TPSA) is 0 Å². The van der Waals surface area contributed by atoms with Gasteiger partial charge in [-0.15, -0.1) is 0 Å². The van der Waals surface area contributed by atoms with Crippen molar-refractivity contribution in [1.29, 1.82) is 0 Å². The van der Waals surface area contributed by atoms with Gasteiger partial charge >= 0.3 is 0 Å². The van der Waals surface area contributed by atoms with E-state index >= 15 is 0 Å². The van der Waals surface area contributed by atoms with E-state index < -0.39 is 0 Å². The summed E-state index contributed by atoms with van der Waals surface area (Å²) < 4.78 is 0. The Balaban J connectivity index is 3.55. The summed E-state index contributed by atoms with van der Waals surface area (Å²) in [7, 11) is 0. The Bertz CT molecular complexity index is 242. The van der Waals surface area contributed by atoms with Crippen LogP contribution >= 0.6 is 0 Å². The third-order valence-electron chi connectivity index (χ3n) is 5.99. The van der Waals surface area contributed by atoms with Crippen LogP contribution in [0, 0.1) is 11.8 Å². The maximum absolute atomic E-state index is 2.41. The molecule has 0 spiro atoms. The van der Waals surface area contributed by atoms with Gasteiger partial charge in [-0.2, -0.15) is 0 Å². The predicted octanol–water partition coefficient (Wildman–Crippen LogP) is 10.1. The molecule has 26 heavy (non-hydrogen) atoms. The normalized spacial score (nSPS) is 12.8. The number of hydrogen-bond acceptors (Lipinski definition) is 0. The lowest BCUT2D eigenvalue weighted by atomic mass is 9.87. The van der Waals surface area contributed by atoms with Crippen molar-refractivity contribution in [3.63, 3.8) is 0 Å². The van der Waals surface area contributed by atoms with Crippen LogP contribution in [0.4, 0.5) is 0 Å². The van der Waals surface area contributed by atoms with Crippen molar-refractivity contribution in [3.8, 4) is 0 Å². The van der Waals surface area contributed by atoms with E-state index in [1.807, 2.05) is 0 Å². The molecule has 0 heteroatoms. The van der Waals surface area contributed by atoms with E-state index in [1.165, 1.54) is 128 Å². The van der Waals surface area contributed by atoms with E-state index in [1.54, 1.807) is 0 Å². The highest BCUT2D eigenvalue weighted by Gasteiger charge is 2.10. The summed E-state index contributed by atoms with van der Waals surface area (Å²) in [6, 6.07) is 0. The van der Waals surface area contributed by atoms with Crippen LogP contribution in [0.25, 0.3) is 0 Å². The molecule has 1 atom stereocenters. The molecule has 0 amide bonds. The predicted molar refractivity (Wildman–Crippen MR) is 122 cm³/mol. The molecular formula is C26H54. The molecule has 0 saturated heterocycles. The van der Waals surface area contributed by atoms with Crippen LogP contribution in [0.15, 0.2) is 0 Å². The molecule has 0 aromatic carbocycles. The van der Waals surface area contributed by atoms with Crippen molar-refractivity contribution >= 4 is 0 Å². The highest BCUT2D eigenvalue weighted by molar-refractivity contribution is 4.63. The largest absolute Gasteiger partial charge is 0.0654 e. The SMILES string of the molecule is CCCCCCCCCCCCC(CCCCCCCCC)CC(C)C. The molecule has 0 nitrogen and oxygen atoms in total. The molecule has 0 aliphatic rings. The van der Waals surface area contributed by atoms with Crippen molar-refractivity contribution in [2.24, 2.45) is 11.8 Å². The molecule has 0 saturated carbocycles. The molecule has 0 radical (unpaired) electrons. The summed E-state index contributed by atoms with van der Waals surface area (Å²) in [6.07, 6.45) is 29.3. The fourth-order valence-electron chi connectivity index (χ4n) is 4.36. The van der Waals surface area contributed by atoms with Crippen molar-refractivity contribution in [2.75, 3.05) is 0 Å². The Morgan fingerprint density at radius 3 is 1.04 bits per heavy atom. The van der Waals surface area contributed by atoms with Gasteiger partial charge in [0.15, 0.2) is 0 Å². The van der Waals surface area contributed by atoms with Gasteiger partial charge in [0.2, 0.25) is 0 Å². The molecule has 0 aromatic heterocycles. The van der Waals surface area contributed by atoms with E-state index in [9.17, 15) is 0 Å². The minimum absolute atomic E-state index is 0.882. The third-order valence-corrected chi connectivity index (χ3v) is 5.99. The monoisotopic (exact) mass is 366 g/mol. The summed E-state index contributed by atoms with van der Waals surface area (Å²) >= 11 is 0. The maximum Gasteiger partial charge on any atom is -0.0412 e. The molecule has 0 rings (SSSR count). The van der Waals surface area contributed by atoms with Crippen LogP contribution in [0.2, 0.25) is 0 Å². The van der Waals surface area contributed by atoms with Crippen LogP contribution in [0.3, 0.4) is 0 Å². The Hall–Kier alpha value is 0. The van der Waals surface area contributed by atoms with Gasteiger partial charge in [0.05, 0.1) is 0 Å². The molecular weight excluding hydrogens is 312 g/mol. The molecule has 1 unspecified atom stereocenters. The number of unbranched alkanes of at least 4 members (excludes halogenated alkanes) is 15. The van der Waals surface area contributed by atoms with Gasteiger partial charge in [-0.1, -0.05) is 150 Å². The lowest BCUT2D eigenvalue weighted by Gasteiger charge is -2.19. The van der Waals surface area contributed by atoms with E-state index in [4.69, 9.17) is 0 Å². The van der Waals surface area contributed by atoms with E-state index in [-0.39, 0.29) is 0 Å². The Kier molecular flexibility index (Phi) is 21.3. The first kappa shape index (κ1) is 26.0. The molecule has 0 heterocycles. The van der Waals surface area contributed by atoms with Gasteiger partial charge < -0.3 is 0 Å². The molecule has 0 fully saturated rings. The fraction of sp³-hybridized carbons (Fsp3) is 1.00. The van der Waals surface area contributed by atoms with Crippen LogP contribution in [-0.4, -0.2) is 0 Å². The van der Waals surface area contributed by atoms with Gasteiger partial charge in [0, 0.05) is 0 Å². The van der Waals surface area contributed by atoms with Crippen molar-refractivity contribution in [1.82, 2.24) is 0 Å². The zero-order valence-electron chi connectivity index (χ0n) is 19.3. The summed E-state index contributed by atoms with van der Waals surface area (Å²) in [5, 5.41) is 0. The van der Waals surface area contributed by atoms with Crippen LogP contribution in [-0.2, 0) is 0 Å². The second kappa shape index (κ2) is 21.3. The van der Waals surface area contributed by atoms with Gasteiger partial charge in [0.1, 0.15) is 0 Å². The van der Waals surface area contributed by atoms with Crippen LogP contribution < -0.4 is 0 Å². The standard InChI is InChI=1S/C26H54/c1-5-7-9-11-13-14-15-17-19-21-23-26(24-25(3)4)22-20-18-16-12-10-8-6-2/h25-26H,5-24H2,1-4H3. The molecule has 0 bridgehead atoms. The second-order valence-corrected chi connectivity index (χ2v) is 9.38. The van der Waals surface area contributed by atoms with Crippen LogP contribution in [0.5, 0.6) is 0 Å². The summed E-state index contributed by atoms with van der Waals surface area (Å²) in [4.78, 5) is 0. The minimum Gasteiger partial charge on any atom is -0.0654 e. The Morgan fingerprint density at radius 1 is 0.423 bits per heavy atom. The average Bonchev–Trinajstić information content (AvgIpc) is 2.61. The summed E-state index contributed by atoms with van der Waals surface area (Å²) in [5.74, 6) is 1.90. The zero-order valence-corrected chi connectivity index (χ0v) is 19.3. The fourth-order valence-corrected chi connectivity index (χ4v) is 4.36. The van der Waals surface area contributed by atoms with E-state index in [0.717, 1.165) is 11.8 Å². The molecule has 0 aliphatic carbocycles. The van der Waals surface area contributed by atoms with Gasteiger partial charge in [-0.25, -0.2) is 0 Å². The minimum atomic E-state index is 0.882. The van der Waals surface area contributed by atoms with Crippen molar-refractivity contribution < 1.29 is 0 Å². The molecule has 0 aromatic rings. The van der Waals surface area contributed by atoms with Gasteiger partial charge in [-0.05, 0) is 18.3 Å². The molecule has 0 aliphatic heterocycles. The van der Waals surface area contributed by atoms with E-state index in [2.05, 4.69) is 27.7 Å².